The summed E-state index contributed by atoms with van der Waals surface area (Å²) in [6.45, 7) is 0. The zero-order chi connectivity index (χ0) is 10.1. The number of benzene rings is 1. The summed E-state index contributed by atoms with van der Waals surface area (Å²) in [6, 6.07) is 10.0. The molecule has 3 nitrogen and oxygen atoms in total. The lowest BCUT2D eigenvalue weighted by Gasteiger charge is -2.00. The summed E-state index contributed by atoms with van der Waals surface area (Å²) in [6.07, 6.45) is 6.48. The van der Waals surface area contributed by atoms with E-state index in [9.17, 15) is 0 Å². The van der Waals surface area contributed by atoms with Gasteiger partial charge in [-0.2, -0.15) is 5.10 Å². The molecule has 0 saturated heterocycles. The molecule has 0 unspecified atom stereocenters. The molecule has 1 fully saturated rings. The first-order valence-electron chi connectivity index (χ1n) is 5.18. The number of hydrogen-bond donors (Lipinski definition) is 0. The van der Waals surface area contributed by atoms with Gasteiger partial charge in [-0.1, -0.05) is 18.2 Å². The summed E-state index contributed by atoms with van der Waals surface area (Å²) in [4.78, 5) is 0. The number of para-hydroxylation sites is 1. The topological polar surface area (TPSA) is 27.1 Å². The maximum Gasteiger partial charge on any atom is 0.158 e. The predicted molar refractivity (Wildman–Crippen MR) is 57.2 cm³/mol. The molecule has 1 aliphatic carbocycles. The van der Waals surface area contributed by atoms with E-state index in [1.807, 2.05) is 41.2 Å². The molecule has 0 aliphatic heterocycles. The molecule has 1 saturated carbocycles. The van der Waals surface area contributed by atoms with E-state index < -0.39 is 0 Å². The minimum atomic E-state index is 0.429. The maximum absolute atomic E-state index is 5.64. The smallest absolute Gasteiger partial charge is 0.158 e. The zero-order valence-electron chi connectivity index (χ0n) is 8.34. The van der Waals surface area contributed by atoms with Gasteiger partial charge in [0.1, 0.15) is 0 Å². The van der Waals surface area contributed by atoms with E-state index >= 15 is 0 Å². The van der Waals surface area contributed by atoms with Gasteiger partial charge in [0.05, 0.1) is 24.2 Å². The lowest BCUT2D eigenvalue weighted by Crippen LogP contribution is -1.95. The highest BCUT2D eigenvalue weighted by molar-refractivity contribution is 5.32. The quantitative estimate of drug-likeness (QED) is 0.760. The molecule has 3 rings (SSSR count). The second kappa shape index (κ2) is 3.42. The van der Waals surface area contributed by atoms with Gasteiger partial charge in [-0.3, -0.25) is 0 Å². The summed E-state index contributed by atoms with van der Waals surface area (Å²) in [7, 11) is 0. The van der Waals surface area contributed by atoms with Crippen molar-refractivity contribution in [3.05, 3.63) is 42.7 Å². The highest BCUT2D eigenvalue weighted by Gasteiger charge is 2.23. The lowest BCUT2D eigenvalue weighted by atomic mass is 10.3. The van der Waals surface area contributed by atoms with Crippen LogP contribution in [-0.2, 0) is 0 Å². The van der Waals surface area contributed by atoms with Gasteiger partial charge in [0.2, 0.25) is 0 Å². The normalized spacial score (nSPS) is 15.2. The van der Waals surface area contributed by atoms with Gasteiger partial charge in [0.15, 0.2) is 5.75 Å². The average Bonchev–Trinajstić information content (AvgIpc) is 2.96. The summed E-state index contributed by atoms with van der Waals surface area (Å²) >= 11 is 0. The maximum atomic E-state index is 5.64. The fraction of sp³-hybridized carbons (Fsp3) is 0.250. The minimum absolute atomic E-state index is 0.429. The van der Waals surface area contributed by atoms with Gasteiger partial charge in [-0.05, 0) is 25.0 Å². The second-order valence-electron chi connectivity index (χ2n) is 3.77. The summed E-state index contributed by atoms with van der Waals surface area (Å²) < 4.78 is 7.48. The zero-order valence-corrected chi connectivity index (χ0v) is 8.34. The molecule has 0 atom stereocenters. The van der Waals surface area contributed by atoms with E-state index in [-0.39, 0.29) is 0 Å². The number of ether oxygens (including phenoxy) is 1. The highest BCUT2D eigenvalue weighted by Crippen LogP contribution is 2.26. The van der Waals surface area contributed by atoms with E-state index in [1.54, 1.807) is 6.20 Å². The first kappa shape index (κ1) is 8.53. The van der Waals surface area contributed by atoms with Gasteiger partial charge in [-0.25, -0.2) is 4.68 Å². The van der Waals surface area contributed by atoms with Gasteiger partial charge in [0.25, 0.3) is 0 Å². The third-order valence-electron chi connectivity index (χ3n) is 2.41. The fourth-order valence-electron chi connectivity index (χ4n) is 1.47. The number of hydrogen-bond acceptors (Lipinski definition) is 2. The molecular formula is C12H12N2O. The molecule has 0 N–H and O–H groups in total. The molecule has 3 heteroatoms. The Hall–Kier alpha value is -1.77. The van der Waals surface area contributed by atoms with Crippen LogP contribution < -0.4 is 4.74 Å². The van der Waals surface area contributed by atoms with E-state index in [1.165, 1.54) is 12.8 Å². The van der Waals surface area contributed by atoms with E-state index in [4.69, 9.17) is 4.74 Å². The van der Waals surface area contributed by atoms with Crippen molar-refractivity contribution in [2.45, 2.75) is 18.9 Å². The molecule has 1 aromatic heterocycles. The van der Waals surface area contributed by atoms with Crippen molar-refractivity contribution in [3.8, 4) is 11.4 Å². The van der Waals surface area contributed by atoms with Crippen molar-refractivity contribution in [2.24, 2.45) is 0 Å². The number of nitrogens with zero attached hydrogens (tertiary/aromatic N) is 2. The Morgan fingerprint density at radius 2 is 2.00 bits per heavy atom. The molecule has 1 heterocycles. The molecule has 0 spiro atoms. The van der Waals surface area contributed by atoms with Gasteiger partial charge >= 0.3 is 0 Å². The van der Waals surface area contributed by atoms with Crippen molar-refractivity contribution < 1.29 is 4.74 Å². The van der Waals surface area contributed by atoms with Crippen LogP contribution in [0.1, 0.15) is 12.8 Å². The van der Waals surface area contributed by atoms with Crippen LogP contribution in [0.2, 0.25) is 0 Å². The van der Waals surface area contributed by atoms with Crippen LogP contribution in [0.15, 0.2) is 42.7 Å². The van der Waals surface area contributed by atoms with Crippen molar-refractivity contribution in [3.63, 3.8) is 0 Å². The highest BCUT2D eigenvalue weighted by atomic mass is 16.5. The lowest BCUT2D eigenvalue weighted by molar-refractivity contribution is 0.303. The van der Waals surface area contributed by atoms with Crippen LogP contribution in [0.3, 0.4) is 0 Å². The van der Waals surface area contributed by atoms with Crippen molar-refractivity contribution >= 4 is 0 Å². The molecule has 0 radical (unpaired) electrons. The molecule has 76 valence electrons. The van der Waals surface area contributed by atoms with E-state index in [2.05, 4.69) is 5.10 Å². The Labute approximate surface area is 88.3 Å². The van der Waals surface area contributed by atoms with Crippen LogP contribution in [-0.4, -0.2) is 15.9 Å². The molecule has 0 bridgehead atoms. The van der Waals surface area contributed by atoms with Gasteiger partial charge < -0.3 is 4.74 Å². The standard InChI is InChI=1S/C12H12N2O/c1-2-4-10(5-3-1)14-9-12(8-13-14)15-11-6-7-11/h1-5,8-9,11H,6-7H2. The Kier molecular flexibility index (Phi) is 1.95. The number of rotatable bonds is 3. The molecule has 1 aliphatic rings. The van der Waals surface area contributed by atoms with Crippen molar-refractivity contribution in [1.82, 2.24) is 9.78 Å². The van der Waals surface area contributed by atoms with Gasteiger partial charge in [-0.15, -0.1) is 0 Å². The van der Waals surface area contributed by atoms with Crippen molar-refractivity contribution in [2.75, 3.05) is 0 Å². The van der Waals surface area contributed by atoms with E-state index in [0.717, 1.165) is 11.4 Å². The fourth-order valence-corrected chi connectivity index (χ4v) is 1.47. The molecule has 1 aromatic carbocycles. The van der Waals surface area contributed by atoms with Crippen LogP contribution in [0.5, 0.6) is 5.75 Å². The van der Waals surface area contributed by atoms with Crippen LogP contribution in [0.4, 0.5) is 0 Å². The molecular weight excluding hydrogens is 188 g/mol. The first-order chi connectivity index (χ1) is 7.42. The molecule has 0 amide bonds. The van der Waals surface area contributed by atoms with Crippen LogP contribution >= 0.6 is 0 Å². The third-order valence-corrected chi connectivity index (χ3v) is 2.41. The summed E-state index contributed by atoms with van der Waals surface area (Å²) in [5.41, 5.74) is 1.06. The van der Waals surface area contributed by atoms with Crippen molar-refractivity contribution in [1.29, 1.82) is 0 Å². The summed E-state index contributed by atoms with van der Waals surface area (Å²) in [5, 5.41) is 4.26. The predicted octanol–water partition coefficient (Wildman–Crippen LogP) is 2.41. The SMILES string of the molecule is c1ccc(-n2cc(OC3CC3)cn2)cc1. The van der Waals surface area contributed by atoms with Crippen LogP contribution in [0.25, 0.3) is 5.69 Å². The van der Waals surface area contributed by atoms with Crippen LogP contribution in [0, 0.1) is 0 Å². The Bertz CT molecular complexity index is 446. The second-order valence-corrected chi connectivity index (χ2v) is 3.77. The minimum Gasteiger partial charge on any atom is -0.487 e. The molecule has 2 aromatic rings. The van der Waals surface area contributed by atoms with E-state index in [0.29, 0.717) is 6.10 Å². The molecule has 15 heavy (non-hydrogen) atoms. The average molecular weight is 200 g/mol. The monoisotopic (exact) mass is 200 g/mol. The Balaban J connectivity index is 1.83. The Morgan fingerprint density at radius 1 is 1.20 bits per heavy atom. The van der Waals surface area contributed by atoms with Gasteiger partial charge in [0, 0.05) is 0 Å². The number of aromatic nitrogens is 2. The first-order valence-corrected chi connectivity index (χ1v) is 5.18. The largest absolute Gasteiger partial charge is 0.487 e. The Morgan fingerprint density at radius 3 is 2.73 bits per heavy atom. The third kappa shape index (κ3) is 1.86. The summed E-state index contributed by atoms with van der Waals surface area (Å²) in [5.74, 6) is 0.862.